The van der Waals surface area contributed by atoms with E-state index in [2.05, 4.69) is 9.59 Å². The van der Waals surface area contributed by atoms with Gasteiger partial charge in [-0.15, -0.1) is 5.10 Å². The minimum absolute atomic E-state index is 0.451. The molecule has 2 heterocycles. The predicted octanol–water partition coefficient (Wildman–Crippen LogP) is 3.33. The molecule has 0 fully saturated rings. The first kappa shape index (κ1) is 11.6. The van der Waals surface area contributed by atoms with Crippen LogP contribution in [0.5, 0.6) is 0 Å². The molecule has 1 aromatic carbocycles. The van der Waals surface area contributed by atoms with Gasteiger partial charge in [0.2, 0.25) is 0 Å². The Morgan fingerprint density at radius 1 is 1.44 bits per heavy atom. The molecule has 0 bridgehead atoms. The predicted molar refractivity (Wildman–Crippen MR) is 69.9 cm³/mol. The SMILES string of the molecule is Cc1nnsc1C(O)c1cc2cccc(Cl)c2o1. The van der Waals surface area contributed by atoms with Crippen molar-refractivity contribution in [3.05, 3.63) is 45.6 Å². The summed E-state index contributed by atoms with van der Waals surface area (Å²) in [6.07, 6.45) is -0.853. The molecule has 1 N–H and O–H groups in total. The molecule has 3 rings (SSSR count). The zero-order chi connectivity index (χ0) is 12.7. The summed E-state index contributed by atoms with van der Waals surface area (Å²) in [7, 11) is 0. The fourth-order valence-electron chi connectivity index (χ4n) is 1.80. The number of para-hydroxylation sites is 1. The lowest BCUT2D eigenvalue weighted by molar-refractivity contribution is 0.195. The second-order valence-corrected chi connectivity index (χ2v) is 5.12. The summed E-state index contributed by atoms with van der Waals surface area (Å²) >= 11 is 7.20. The van der Waals surface area contributed by atoms with Gasteiger partial charge in [0.05, 0.1) is 15.6 Å². The van der Waals surface area contributed by atoms with Crippen LogP contribution >= 0.6 is 23.1 Å². The van der Waals surface area contributed by atoms with E-state index < -0.39 is 6.10 Å². The van der Waals surface area contributed by atoms with E-state index in [4.69, 9.17) is 16.0 Å². The Morgan fingerprint density at radius 2 is 2.28 bits per heavy atom. The average Bonchev–Trinajstić information content (AvgIpc) is 2.95. The van der Waals surface area contributed by atoms with Crippen LogP contribution in [0.15, 0.2) is 28.7 Å². The Hall–Kier alpha value is -1.43. The first-order valence-electron chi connectivity index (χ1n) is 5.31. The highest BCUT2D eigenvalue weighted by atomic mass is 35.5. The Labute approximate surface area is 112 Å². The maximum atomic E-state index is 10.2. The van der Waals surface area contributed by atoms with Crippen LogP contribution in [0.25, 0.3) is 11.0 Å². The molecule has 0 saturated heterocycles. The summed E-state index contributed by atoms with van der Waals surface area (Å²) in [6.45, 7) is 1.80. The molecule has 0 amide bonds. The van der Waals surface area contributed by atoms with Crippen molar-refractivity contribution in [2.24, 2.45) is 0 Å². The van der Waals surface area contributed by atoms with Crippen molar-refractivity contribution in [3.8, 4) is 0 Å². The number of hydrogen-bond acceptors (Lipinski definition) is 5. The number of nitrogens with zero attached hydrogens (tertiary/aromatic N) is 2. The molecule has 6 heteroatoms. The quantitative estimate of drug-likeness (QED) is 0.782. The van der Waals surface area contributed by atoms with Gasteiger partial charge in [0, 0.05) is 5.39 Å². The monoisotopic (exact) mass is 280 g/mol. The molecule has 0 radical (unpaired) electrons. The first-order chi connectivity index (χ1) is 8.66. The van der Waals surface area contributed by atoms with Crippen LogP contribution in [0.4, 0.5) is 0 Å². The van der Waals surface area contributed by atoms with Crippen molar-refractivity contribution < 1.29 is 9.52 Å². The van der Waals surface area contributed by atoms with Crippen LogP contribution in [0, 0.1) is 6.92 Å². The maximum Gasteiger partial charge on any atom is 0.153 e. The second-order valence-electron chi connectivity index (χ2n) is 3.93. The van der Waals surface area contributed by atoms with Gasteiger partial charge in [-0.25, -0.2) is 0 Å². The lowest BCUT2D eigenvalue weighted by Crippen LogP contribution is -1.97. The largest absolute Gasteiger partial charge is 0.456 e. The molecule has 0 aliphatic heterocycles. The number of aryl methyl sites for hydroxylation is 1. The van der Waals surface area contributed by atoms with Gasteiger partial charge in [0.15, 0.2) is 5.58 Å². The summed E-state index contributed by atoms with van der Waals surface area (Å²) in [5.74, 6) is 0.451. The topological polar surface area (TPSA) is 59.2 Å². The number of hydrogen-bond donors (Lipinski definition) is 1. The molecule has 18 heavy (non-hydrogen) atoms. The molecule has 1 unspecified atom stereocenters. The van der Waals surface area contributed by atoms with Gasteiger partial charge in [-0.05, 0) is 30.6 Å². The summed E-state index contributed by atoms with van der Waals surface area (Å²) in [5.41, 5.74) is 1.29. The Balaban J connectivity index is 2.10. The van der Waals surface area contributed by atoms with Crippen molar-refractivity contribution in [1.82, 2.24) is 9.59 Å². The van der Waals surface area contributed by atoms with E-state index in [1.165, 1.54) is 0 Å². The Kier molecular flexibility index (Phi) is 2.81. The lowest BCUT2D eigenvalue weighted by atomic mass is 10.2. The number of aliphatic hydroxyl groups excluding tert-OH is 1. The van der Waals surface area contributed by atoms with Crippen LogP contribution < -0.4 is 0 Å². The molecule has 4 nitrogen and oxygen atoms in total. The second kappa shape index (κ2) is 4.35. The smallest absolute Gasteiger partial charge is 0.153 e. The van der Waals surface area contributed by atoms with Gasteiger partial charge >= 0.3 is 0 Å². The lowest BCUT2D eigenvalue weighted by Gasteiger charge is -2.03. The van der Waals surface area contributed by atoms with E-state index in [1.807, 2.05) is 12.1 Å². The van der Waals surface area contributed by atoms with Crippen LogP contribution in [-0.2, 0) is 0 Å². The van der Waals surface area contributed by atoms with E-state index in [-0.39, 0.29) is 0 Å². The van der Waals surface area contributed by atoms with Gasteiger partial charge in [0.25, 0.3) is 0 Å². The fourth-order valence-corrected chi connectivity index (χ4v) is 2.66. The highest BCUT2D eigenvalue weighted by Crippen LogP contribution is 2.33. The van der Waals surface area contributed by atoms with Crippen LogP contribution in [0.2, 0.25) is 5.02 Å². The van der Waals surface area contributed by atoms with Gasteiger partial charge in [-0.1, -0.05) is 28.2 Å². The number of furan rings is 1. The third-order valence-electron chi connectivity index (χ3n) is 2.72. The number of rotatable bonds is 2. The molecule has 0 spiro atoms. The highest BCUT2D eigenvalue weighted by molar-refractivity contribution is 7.05. The average molecular weight is 281 g/mol. The van der Waals surface area contributed by atoms with Crippen molar-refractivity contribution in [3.63, 3.8) is 0 Å². The van der Waals surface area contributed by atoms with Crippen LogP contribution in [-0.4, -0.2) is 14.7 Å². The Morgan fingerprint density at radius 3 is 2.94 bits per heavy atom. The molecule has 0 saturated carbocycles. The summed E-state index contributed by atoms with van der Waals surface area (Å²) in [4.78, 5) is 0.685. The molecule has 3 aromatic rings. The van der Waals surface area contributed by atoms with E-state index >= 15 is 0 Å². The summed E-state index contributed by atoms with van der Waals surface area (Å²) in [6, 6.07) is 7.27. The molecule has 0 aliphatic rings. The first-order valence-corrected chi connectivity index (χ1v) is 6.47. The van der Waals surface area contributed by atoms with Crippen molar-refractivity contribution in [2.45, 2.75) is 13.0 Å². The minimum atomic E-state index is -0.853. The maximum absolute atomic E-state index is 10.2. The molecule has 92 valence electrons. The number of benzene rings is 1. The van der Waals surface area contributed by atoms with Gasteiger partial charge < -0.3 is 9.52 Å². The molecule has 2 aromatic heterocycles. The van der Waals surface area contributed by atoms with Crippen molar-refractivity contribution in [1.29, 1.82) is 0 Å². The third kappa shape index (κ3) is 1.80. The van der Waals surface area contributed by atoms with E-state index in [0.29, 0.717) is 26.9 Å². The molecular weight excluding hydrogens is 272 g/mol. The van der Waals surface area contributed by atoms with Crippen LogP contribution in [0.3, 0.4) is 0 Å². The third-order valence-corrected chi connectivity index (χ3v) is 3.90. The molecule has 1 atom stereocenters. The van der Waals surface area contributed by atoms with Gasteiger partial charge in [-0.2, -0.15) is 0 Å². The zero-order valence-corrected chi connectivity index (χ0v) is 11.0. The fraction of sp³-hybridized carbons (Fsp3) is 0.167. The highest BCUT2D eigenvalue weighted by Gasteiger charge is 2.20. The Bertz CT molecular complexity index is 707. The number of halogens is 1. The van der Waals surface area contributed by atoms with Gasteiger partial charge in [0.1, 0.15) is 11.9 Å². The summed E-state index contributed by atoms with van der Waals surface area (Å²) < 4.78 is 9.41. The minimum Gasteiger partial charge on any atom is -0.456 e. The van der Waals surface area contributed by atoms with Gasteiger partial charge in [-0.3, -0.25) is 0 Å². The number of fused-ring (bicyclic) bond motifs is 1. The van der Waals surface area contributed by atoms with Crippen LogP contribution in [0.1, 0.15) is 22.4 Å². The standard InChI is InChI=1S/C12H9ClN2O2S/c1-6-12(18-15-14-6)10(16)9-5-7-3-2-4-8(13)11(7)17-9/h2-5,10,16H,1H3. The number of aliphatic hydroxyl groups is 1. The van der Waals surface area contributed by atoms with E-state index in [9.17, 15) is 5.11 Å². The molecule has 0 aliphatic carbocycles. The normalized spacial score (nSPS) is 13.1. The van der Waals surface area contributed by atoms with E-state index in [1.54, 1.807) is 19.1 Å². The van der Waals surface area contributed by atoms with E-state index in [0.717, 1.165) is 16.9 Å². The van der Waals surface area contributed by atoms with Crippen molar-refractivity contribution >= 4 is 34.1 Å². The number of aromatic nitrogens is 2. The molecular formula is C12H9ClN2O2S. The van der Waals surface area contributed by atoms with Crippen molar-refractivity contribution in [2.75, 3.05) is 0 Å². The summed E-state index contributed by atoms with van der Waals surface area (Å²) in [5, 5.41) is 15.5. The zero-order valence-electron chi connectivity index (χ0n) is 9.42.